The Morgan fingerprint density at radius 2 is 1.04 bits per heavy atom. The van der Waals surface area contributed by atoms with Gasteiger partial charge in [0.2, 0.25) is 0 Å². The van der Waals surface area contributed by atoms with Crippen LogP contribution >= 0.6 is 0 Å². The normalized spacial score (nSPS) is 12.3. The van der Waals surface area contributed by atoms with Crippen LogP contribution in [0.5, 0.6) is 0 Å². The summed E-state index contributed by atoms with van der Waals surface area (Å²) in [5.74, 6) is 0. The number of aryl methyl sites for hydroxylation is 4. The van der Waals surface area contributed by atoms with Gasteiger partial charge in [0.25, 0.3) is 20.2 Å². The summed E-state index contributed by atoms with van der Waals surface area (Å²) in [4.78, 5) is -0.383. The van der Waals surface area contributed by atoms with Crippen molar-refractivity contribution < 1.29 is 25.9 Å². The van der Waals surface area contributed by atoms with Crippen molar-refractivity contribution in [3.8, 4) is 0 Å². The lowest BCUT2D eigenvalue weighted by molar-refractivity contribution is 0.478. The van der Waals surface area contributed by atoms with Gasteiger partial charge in [0.1, 0.15) is 0 Å². The van der Waals surface area contributed by atoms with Crippen LogP contribution in [0.4, 0.5) is 0 Å². The van der Waals surface area contributed by atoms with Crippen LogP contribution in [0, 0.1) is 13.8 Å². The fourth-order valence-corrected chi connectivity index (χ4v) is 4.16. The molecule has 0 aromatic heterocycles. The average molecular weight is 370 g/mol. The first-order chi connectivity index (χ1) is 11.0. The van der Waals surface area contributed by atoms with Crippen LogP contribution in [0.1, 0.15) is 22.3 Å². The lowest BCUT2D eigenvalue weighted by atomic mass is 10.0. The van der Waals surface area contributed by atoms with E-state index < -0.39 is 20.2 Å². The largest absolute Gasteiger partial charge is 0.294 e. The lowest BCUT2D eigenvalue weighted by Crippen LogP contribution is -2.08. The molecule has 0 amide bonds. The van der Waals surface area contributed by atoms with Gasteiger partial charge in [-0.15, -0.1) is 0 Å². The number of hydrogen-bond acceptors (Lipinski definition) is 4. The second-order valence-corrected chi connectivity index (χ2v) is 8.45. The molecular weight excluding hydrogens is 352 g/mol. The third-order valence-corrected chi connectivity index (χ3v) is 5.54. The van der Waals surface area contributed by atoms with Gasteiger partial charge in [-0.3, -0.25) is 9.11 Å². The molecule has 2 aromatic rings. The van der Waals surface area contributed by atoms with Gasteiger partial charge < -0.3 is 0 Å². The number of benzene rings is 2. The van der Waals surface area contributed by atoms with Gasteiger partial charge in [-0.1, -0.05) is 24.3 Å². The monoisotopic (exact) mass is 370 g/mol. The topological polar surface area (TPSA) is 109 Å². The Labute approximate surface area is 141 Å². The zero-order chi connectivity index (χ0) is 18.1. The van der Waals surface area contributed by atoms with Crippen molar-refractivity contribution in [3.05, 3.63) is 58.7 Å². The molecule has 0 saturated heterocycles. The van der Waals surface area contributed by atoms with Crippen molar-refractivity contribution in [3.63, 3.8) is 0 Å². The van der Waals surface area contributed by atoms with Crippen LogP contribution in [0.2, 0.25) is 0 Å². The minimum Gasteiger partial charge on any atom is -0.282 e. The second-order valence-electron chi connectivity index (χ2n) is 5.67. The molecule has 0 bridgehead atoms. The van der Waals surface area contributed by atoms with E-state index in [4.69, 9.17) is 0 Å². The molecule has 8 heteroatoms. The molecule has 0 atom stereocenters. The fourth-order valence-electron chi connectivity index (χ4n) is 2.49. The maximum absolute atomic E-state index is 11.5. The summed E-state index contributed by atoms with van der Waals surface area (Å²) in [5, 5.41) is 0. The van der Waals surface area contributed by atoms with Gasteiger partial charge in [-0.25, -0.2) is 0 Å². The summed E-state index contributed by atoms with van der Waals surface area (Å²) in [6, 6.07) is 9.32. The van der Waals surface area contributed by atoms with Crippen molar-refractivity contribution in [2.75, 3.05) is 0 Å². The summed E-state index contributed by atoms with van der Waals surface area (Å²) < 4.78 is 64.7. The van der Waals surface area contributed by atoms with E-state index in [0.29, 0.717) is 22.3 Å². The first kappa shape index (κ1) is 18.6. The molecule has 0 unspecified atom stereocenters. The Kier molecular flexibility index (Phi) is 5.14. The molecule has 2 N–H and O–H groups in total. The average Bonchev–Trinajstić information content (AvgIpc) is 2.45. The van der Waals surface area contributed by atoms with Gasteiger partial charge in [-0.05, 0) is 61.1 Å². The Morgan fingerprint density at radius 3 is 1.33 bits per heavy atom. The van der Waals surface area contributed by atoms with Crippen molar-refractivity contribution in [2.24, 2.45) is 0 Å². The molecule has 0 aliphatic carbocycles. The first-order valence-corrected chi connectivity index (χ1v) is 10.0. The molecule has 0 saturated carbocycles. The molecule has 0 fully saturated rings. The van der Waals surface area contributed by atoms with Crippen LogP contribution in [0.3, 0.4) is 0 Å². The van der Waals surface area contributed by atoms with Gasteiger partial charge in [0.15, 0.2) is 0 Å². The summed E-state index contributed by atoms with van der Waals surface area (Å²) in [6.07, 6.45) is 0.391. The smallest absolute Gasteiger partial charge is 0.282 e. The summed E-state index contributed by atoms with van der Waals surface area (Å²) in [6.45, 7) is 3.41. The van der Waals surface area contributed by atoms with Crippen molar-refractivity contribution in [2.45, 2.75) is 36.5 Å². The van der Waals surface area contributed by atoms with Crippen LogP contribution in [0.25, 0.3) is 0 Å². The molecule has 2 aromatic carbocycles. The van der Waals surface area contributed by atoms with E-state index in [1.807, 2.05) is 0 Å². The van der Waals surface area contributed by atoms with Crippen molar-refractivity contribution in [1.29, 1.82) is 0 Å². The van der Waals surface area contributed by atoms with E-state index >= 15 is 0 Å². The molecule has 0 aliphatic heterocycles. The molecule has 0 radical (unpaired) electrons. The summed E-state index contributed by atoms with van der Waals surface area (Å²) in [7, 11) is -8.75. The maximum atomic E-state index is 11.5. The van der Waals surface area contributed by atoms with Gasteiger partial charge in [-0.2, -0.15) is 16.8 Å². The highest BCUT2D eigenvalue weighted by Gasteiger charge is 2.18. The second kappa shape index (κ2) is 6.64. The van der Waals surface area contributed by atoms with E-state index in [0.717, 1.165) is 0 Å². The first-order valence-electron chi connectivity index (χ1n) is 7.12. The van der Waals surface area contributed by atoms with E-state index in [-0.39, 0.29) is 22.6 Å². The quantitative estimate of drug-likeness (QED) is 0.783. The van der Waals surface area contributed by atoms with Gasteiger partial charge in [0, 0.05) is 0 Å². The Morgan fingerprint density at radius 1 is 0.708 bits per heavy atom. The molecule has 2 rings (SSSR count). The van der Waals surface area contributed by atoms with Crippen LogP contribution in [0.15, 0.2) is 46.2 Å². The lowest BCUT2D eigenvalue weighted by Gasteiger charge is -2.11. The number of hydrogen-bond donors (Lipinski definition) is 2. The zero-order valence-electron chi connectivity index (χ0n) is 13.2. The Balaban J connectivity index is 2.40. The van der Waals surface area contributed by atoms with Crippen LogP contribution in [-0.4, -0.2) is 25.9 Å². The van der Waals surface area contributed by atoms with E-state index in [1.165, 1.54) is 12.1 Å². The van der Waals surface area contributed by atoms with E-state index in [1.54, 1.807) is 38.1 Å². The minimum atomic E-state index is -4.37. The molecule has 24 heavy (non-hydrogen) atoms. The molecule has 130 valence electrons. The third-order valence-electron chi connectivity index (χ3n) is 3.66. The highest BCUT2D eigenvalue weighted by atomic mass is 32.2. The van der Waals surface area contributed by atoms with E-state index in [2.05, 4.69) is 0 Å². The highest BCUT2D eigenvalue weighted by Crippen LogP contribution is 2.23. The summed E-state index contributed by atoms with van der Waals surface area (Å²) >= 11 is 0. The minimum absolute atomic E-state index is 0.192. The predicted molar refractivity (Wildman–Crippen MR) is 89.4 cm³/mol. The Hall–Kier alpha value is -1.74. The molecule has 0 heterocycles. The van der Waals surface area contributed by atoms with E-state index in [9.17, 15) is 25.9 Å². The molecule has 0 spiro atoms. The maximum Gasteiger partial charge on any atom is 0.294 e. The van der Waals surface area contributed by atoms with Gasteiger partial charge in [0.05, 0.1) is 9.79 Å². The summed E-state index contributed by atoms with van der Waals surface area (Å²) in [5.41, 5.74) is 2.12. The predicted octanol–water partition coefficient (Wildman–Crippen LogP) is 2.58. The third kappa shape index (κ3) is 4.41. The fraction of sp³-hybridized carbons (Fsp3) is 0.250. The SMILES string of the molecule is Cc1ccc(CCc2ccc(C)cc2S(=O)(=O)O)c(S(=O)(=O)O)c1. The Bertz CT molecular complexity index is 894. The zero-order valence-corrected chi connectivity index (χ0v) is 14.9. The standard InChI is InChI=1S/C16H18O6S2/c1-11-3-5-13(15(9-11)23(17,18)19)7-8-14-6-4-12(2)10-16(14)24(20,21)22/h3-6,9-10H,7-8H2,1-2H3,(H,17,18,19)(H,20,21,22). The van der Waals surface area contributed by atoms with Crippen LogP contribution in [-0.2, 0) is 33.1 Å². The molecule has 6 nitrogen and oxygen atoms in total. The van der Waals surface area contributed by atoms with Crippen molar-refractivity contribution in [1.82, 2.24) is 0 Å². The van der Waals surface area contributed by atoms with Crippen LogP contribution < -0.4 is 0 Å². The van der Waals surface area contributed by atoms with Gasteiger partial charge >= 0.3 is 0 Å². The van der Waals surface area contributed by atoms with Crippen molar-refractivity contribution >= 4 is 20.2 Å². The number of rotatable bonds is 5. The molecule has 0 aliphatic rings. The highest BCUT2D eigenvalue weighted by molar-refractivity contribution is 7.86. The molecular formula is C16H18O6S2.